The number of hydrogen-bond donors (Lipinski definition) is 1. The molecule has 1 rings (SSSR count). The van der Waals surface area contributed by atoms with Crippen molar-refractivity contribution in [2.45, 2.75) is 13.1 Å². The van der Waals surface area contributed by atoms with Gasteiger partial charge < -0.3 is 10.6 Å². The van der Waals surface area contributed by atoms with Crippen molar-refractivity contribution in [3.05, 3.63) is 0 Å². The highest BCUT2D eigenvalue weighted by Gasteiger charge is 2.18. The van der Waals surface area contributed by atoms with Gasteiger partial charge in [-0.15, -0.1) is 0 Å². The molecule has 1 aliphatic heterocycles. The van der Waals surface area contributed by atoms with Gasteiger partial charge >= 0.3 is 0 Å². The monoisotopic (exact) mass is 169 g/mol. The Hall–Kier alpha value is -1.26. The molecular weight excluding hydrogens is 154 g/mol. The zero-order valence-electron chi connectivity index (χ0n) is 7.94. The van der Waals surface area contributed by atoms with Crippen LogP contribution in [0.15, 0.2) is 9.98 Å². The molecule has 0 unspecified atom stereocenters. The molecule has 0 bridgehead atoms. The summed E-state index contributed by atoms with van der Waals surface area (Å²) in [6, 6.07) is 0. The van der Waals surface area contributed by atoms with Gasteiger partial charge in [0.15, 0.2) is 5.96 Å². The smallest absolute Gasteiger partial charge is 0.204 e. The van der Waals surface area contributed by atoms with Crippen LogP contribution in [0.3, 0.4) is 0 Å². The SMILES string of the molecule is C[C@H]1N=C(N)N(C)C(N(C)C)=N1. The van der Waals surface area contributed by atoms with Crippen molar-refractivity contribution < 1.29 is 0 Å². The van der Waals surface area contributed by atoms with E-state index in [9.17, 15) is 0 Å². The molecule has 0 aromatic heterocycles. The lowest BCUT2D eigenvalue weighted by atomic mass is 10.5. The molecule has 5 nitrogen and oxygen atoms in total. The van der Waals surface area contributed by atoms with Crippen LogP contribution in [0.5, 0.6) is 0 Å². The van der Waals surface area contributed by atoms with Crippen LogP contribution in [-0.2, 0) is 0 Å². The van der Waals surface area contributed by atoms with Gasteiger partial charge in [-0.25, -0.2) is 9.98 Å². The van der Waals surface area contributed by atoms with E-state index in [1.807, 2.05) is 33.0 Å². The summed E-state index contributed by atoms with van der Waals surface area (Å²) in [6.07, 6.45) is -0.0707. The van der Waals surface area contributed by atoms with E-state index in [1.165, 1.54) is 0 Å². The summed E-state index contributed by atoms with van der Waals surface area (Å²) in [5, 5.41) is 0. The van der Waals surface area contributed by atoms with Gasteiger partial charge in [0.25, 0.3) is 0 Å². The fourth-order valence-electron chi connectivity index (χ4n) is 1.08. The fourth-order valence-corrected chi connectivity index (χ4v) is 1.08. The van der Waals surface area contributed by atoms with Gasteiger partial charge in [-0.1, -0.05) is 0 Å². The number of guanidine groups is 2. The van der Waals surface area contributed by atoms with Gasteiger partial charge in [0.05, 0.1) is 0 Å². The third kappa shape index (κ3) is 1.49. The van der Waals surface area contributed by atoms with E-state index < -0.39 is 0 Å². The molecule has 0 saturated heterocycles. The minimum atomic E-state index is -0.0707. The molecule has 68 valence electrons. The summed E-state index contributed by atoms with van der Waals surface area (Å²) >= 11 is 0. The van der Waals surface area contributed by atoms with Crippen LogP contribution >= 0.6 is 0 Å². The Labute approximate surface area is 72.6 Å². The Bertz CT molecular complexity index is 230. The quantitative estimate of drug-likeness (QED) is 0.532. The van der Waals surface area contributed by atoms with E-state index in [4.69, 9.17) is 5.73 Å². The first-order chi connectivity index (χ1) is 5.52. The largest absolute Gasteiger partial charge is 0.369 e. The molecule has 0 aliphatic carbocycles. The molecule has 1 heterocycles. The standard InChI is InChI=1S/C7H15N5/c1-5-9-6(8)12(4)7(10-5)11(2)3/h5H,1-4H3,(H2,8,9)/t5-/m0/s1. The van der Waals surface area contributed by atoms with Crippen LogP contribution in [0, 0.1) is 0 Å². The summed E-state index contributed by atoms with van der Waals surface area (Å²) < 4.78 is 0. The highest BCUT2D eigenvalue weighted by atomic mass is 15.4. The molecule has 5 heteroatoms. The zero-order valence-corrected chi connectivity index (χ0v) is 7.94. The van der Waals surface area contributed by atoms with Gasteiger partial charge in [0.1, 0.15) is 6.17 Å². The third-order valence-corrected chi connectivity index (χ3v) is 1.67. The van der Waals surface area contributed by atoms with E-state index >= 15 is 0 Å². The minimum Gasteiger partial charge on any atom is -0.369 e. The van der Waals surface area contributed by atoms with Crippen molar-refractivity contribution in [2.24, 2.45) is 15.7 Å². The molecule has 1 atom stereocenters. The average Bonchev–Trinajstić information content (AvgIpc) is 1.96. The molecule has 0 radical (unpaired) electrons. The van der Waals surface area contributed by atoms with Gasteiger partial charge in [-0.3, -0.25) is 4.90 Å². The summed E-state index contributed by atoms with van der Waals surface area (Å²) in [4.78, 5) is 12.1. The summed E-state index contributed by atoms with van der Waals surface area (Å²) in [7, 11) is 5.71. The van der Waals surface area contributed by atoms with E-state index in [0.29, 0.717) is 5.96 Å². The molecule has 0 spiro atoms. The Balaban J connectivity index is 2.88. The van der Waals surface area contributed by atoms with Crippen LogP contribution in [0.1, 0.15) is 6.92 Å². The van der Waals surface area contributed by atoms with Crippen molar-refractivity contribution in [3.63, 3.8) is 0 Å². The van der Waals surface area contributed by atoms with Crippen LogP contribution in [0.2, 0.25) is 0 Å². The van der Waals surface area contributed by atoms with E-state index in [-0.39, 0.29) is 6.17 Å². The summed E-state index contributed by atoms with van der Waals surface area (Å²) in [5.74, 6) is 1.36. The highest BCUT2D eigenvalue weighted by Crippen LogP contribution is 2.04. The maximum absolute atomic E-state index is 5.67. The van der Waals surface area contributed by atoms with E-state index in [2.05, 4.69) is 9.98 Å². The lowest BCUT2D eigenvalue weighted by molar-refractivity contribution is 0.501. The maximum Gasteiger partial charge on any atom is 0.204 e. The predicted octanol–water partition coefficient (Wildman–Crippen LogP) is -0.490. The van der Waals surface area contributed by atoms with Crippen molar-refractivity contribution in [2.75, 3.05) is 21.1 Å². The van der Waals surface area contributed by atoms with Crippen LogP contribution in [0.4, 0.5) is 0 Å². The van der Waals surface area contributed by atoms with Gasteiger partial charge in [0.2, 0.25) is 5.96 Å². The summed E-state index contributed by atoms with van der Waals surface area (Å²) in [6.45, 7) is 1.91. The molecule has 0 aromatic carbocycles. The molecular formula is C7H15N5. The van der Waals surface area contributed by atoms with E-state index in [1.54, 1.807) is 4.90 Å². The first kappa shape index (κ1) is 8.83. The number of nitrogens with two attached hydrogens (primary N) is 1. The molecule has 0 saturated carbocycles. The first-order valence-electron chi connectivity index (χ1n) is 3.84. The molecule has 2 N–H and O–H groups in total. The minimum absolute atomic E-state index is 0.0707. The average molecular weight is 169 g/mol. The Kier molecular flexibility index (Phi) is 2.21. The van der Waals surface area contributed by atoms with Gasteiger partial charge in [0, 0.05) is 21.1 Å². The molecule has 0 aromatic rings. The summed E-state index contributed by atoms with van der Waals surface area (Å²) in [5.41, 5.74) is 5.67. The van der Waals surface area contributed by atoms with Crippen molar-refractivity contribution in [1.29, 1.82) is 0 Å². The molecule has 0 fully saturated rings. The van der Waals surface area contributed by atoms with Crippen molar-refractivity contribution in [3.8, 4) is 0 Å². The normalized spacial score (nSPS) is 23.3. The van der Waals surface area contributed by atoms with Gasteiger partial charge in [-0.2, -0.15) is 0 Å². The topological polar surface area (TPSA) is 57.2 Å². The molecule has 0 amide bonds. The van der Waals surface area contributed by atoms with Crippen LogP contribution in [-0.4, -0.2) is 49.0 Å². The lowest BCUT2D eigenvalue weighted by Crippen LogP contribution is -2.48. The van der Waals surface area contributed by atoms with E-state index in [0.717, 1.165) is 5.96 Å². The van der Waals surface area contributed by atoms with Crippen molar-refractivity contribution in [1.82, 2.24) is 9.80 Å². The Morgan fingerprint density at radius 2 is 2.00 bits per heavy atom. The zero-order chi connectivity index (χ0) is 9.30. The highest BCUT2D eigenvalue weighted by molar-refractivity contribution is 5.98. The second kappa shape index (κ2) is 3.00. The number of hydrogen-bond acceptors (Lipinski definition) is 5. The predicted molar refractivity (Wildman–Crippen MR) is 50.0 cm³/mol. The second-order valence-electron chi connectivity index (χ2n) is 3.00. The van der Waals surface area contributed by atoms with Crippen LogP contribution < -0.4 is 5.73 Å². The number of aliphatic imine (C=N–C) groups is 2. The third-order valence-electron chi connectivity index (χ3n) is 1.67. The first-order valence-corrected chi connectivity index (χ1v) is 3.84. The second-order valence-corrected chi connectivity index (χ2v) is 3.00. The van der Waals surface area contributed by atoms with Crippen molar-refractivity contribution >= 4 is 11.9 Å². The Morgan fingerprint density at radius 1 is 1.42 bits per heavy atom. The molecule has 12 heavy (non-hydrogen) atoms. The number of rotatable bonds is 0. The lowest BCUT2D eigenvalue weighted by Gasteiger charge is -2.29. The Morgan fingerprint density at radius 3 is 2.50 bits per heavy atom. The molecule has 1 aliphatic rings. The van der Waals surface area contributed by atoms with Crippen LogP contribution in [0.25, 0.3) is 0 Å². The fraction of sp³-hybridized carbons (Fsp3) is 0.714. The van der Waals surface area contributed by atoms with Gasteiger partial charge in [-0.05, 0) is 6.92 Å². The number of nitrogens with zero attached hydrogens (tertiary/aromatic N) is 4. The maximum atomic E-state index is 5.67.